The van der Waals surface area contributed by atoms with E-state index in [2.05, 4.69) is 9.72 Å². The molecule has 0 aliphatic rings. The number of hydrogen-bond donors (Lipinski definition) is 0. The molecule has 0 saturated carbocycles. The topological polar surface area (TPSA) is 39.2 Å². The third-order valence-corrected chi connectivity index (χ3v) is 3.46. The Balaban J connectivity index is 2.29. The van der Waals surface area contributed by atoms with Crippen LogP contribution in [0.1, 0.15) is 11.3 Å². The van der Waals surface area contributed by atoms with Gasteiger partial charge in [-0.1, -0.05) is 6.07 Å². The van der Waals surface area contributed by atoms with Crippen molar-refractivity contribution < 1.29 is 13.9 Å². The summed E-state index contributed by atoms with van der Waals surface area (Å²) in [5, 5.41) is 2.50. The third kappa shape index (κ3) is 2.73. The van der Waals surface area contributed by atoms with E-state index in [4.69, 9.17) is 0 Å². The number of rotatable bonds is 3. The van der Waals surface area contributed by atoms with Crippen molar-refractivity contribution in [3.05, 3.63) is 40.7 Å². The lowest BCUT2D eigenvalue weighted by Crippen LogP contribution is -2.04. The minimum Gasteiger partial charge on any atom is -0.469 e. The Morgan fingerprint density at radius 1 is 1.50 bits per heavy atom. The summed E-state index contributed by atoms with van der Waals surface area (Å²) in [7, 11) is 1.34. The number of aryl methyl sites for hydroxylation is 1. The van der Waals surface area contributed by atoms with Crippen molar-refractivity contribution in [3.63, 3.8) is 0 Å². The van der Waals surface area contributed by atoms with E-state index in [1.165, 1.54) is 30.6 Å². The zero-order chi connectivity index (χ0) is 13.1. The van der Waals surface area contributed by atoms with Gasteiger partial charge >= 0.3 is 5.97 Å². The zero-order valence-corrected chi connectivity index (χ0v) is 10.9. The Bertz CT molecular complexity index is 580. The van der Waals surface area contributed by atoms with Gasteiger partial charge in [-0.3, -0.25) is 4.79 Å². The van der Waals surface area contributed by atoms with Gasteiger partial charge in [-0.25, -0.2) is 9.37 Å². The molecule has 1 aromatic carbocycles. The second-order valence-electron chi connectivity index (χ2n) is 3.86. The van der Waals surface area contributed by atoms with Crippen LogP contribution in [-0.4, -0.2) is 18.1 Å². The second-order valence-corrected chi connectivity index (χ2v) is 4.71. The summed E-state index contributed by atoms with van der Waals surface area (Å²) >= 11 is 1.39. The Labute approximate surface area is 108 Å². The van der Waals surface area contributed by atoms with Crippen molar-refractivity contribution >= 4 is 17.3 Å². The molecule has 0 radical (unpaired) electrons. The summed E-state index contributed by atoms with van der Waals surface area (Å²) < 4.78 is 17.8. The van der Waals surface area contributed by atoms with Gasteiger partial charge in [0.1, 0.15) is 10.8 Å². The van der Waals surface area contributed by atoms with Gasteiger partial charge in [-0.05, 0) is 24.6 Å². The van der Waals surface area contributed by atoms with Gasteiger partial charge in [-0.15, -0.1) is 11.3 Å². The maximum atomic E-state index is 13.2. The first kappa shape index (κ1) is 12.7. The molecule has 94 valence electrons. The van der Waals surface area contributed by atoms with Crippen molar-refractivity contribution in [1.29, 1.82) is 0 Å². The summed E-state index contributed by atoms with van der Waals surface area (Å²) in [6.45, 7) is 1.90. The van der Waals surface area contributed by atoms with Gasteiger partial charge in [-0.2, -0.15) is 0 Å². The number of carbonyl (C=O) groups is 1. The van der Waals surface area contributed by atoms with Gasteiger partial charge in [0.25, 0.3) is 0 Å². The molecule has 0 unspecified atom stereocenters. The molecule has 0 amide bonds. The Morgan fingerprint density at radius 2 is 2.28 bits per heavy atom. The molecule has 2 aromatic rings. The molecule has 0 aliphatic carbocycles. The second kappa shape index (κ2) is 5.27. The van der Waals surface area contributed by atoms with E-state index in [1.807, 2.05) is 6.92 Å². The highest BCUT2D eigenvalue weighted by Crippen LogP contribution is 2.27. The number of ether oxygens (including phenoxy) is 1. The van der Waals surface area contributed by atoms with E-state index in [1.54, 1.807) is 11.4 Å². The van der Waals surface area contributed by atoms with E-state index in [0.29, 0.717) is 10.7 Å². The Kier molecular flexibility index (Phi) is 3.72. The lowest BCUT2D eigenvalue weighted by atomic mass is 10.1. The average Bonchev–Trinajstić information content (AvgIpc) is 2.80. The highest BCUT2D eigenvalue weighted by atomic mass is 32.1. The number of esters is 1. The Hall–Kier alpha value is -1.75. The highest BCUT2D eigenvalue weighted by molar-refractivity contribution is 7.13. The predicted octanol–water partition coefficient (Wildman–Crippen LogP) is 2.97. The van der Waals surface area contributed by atoms with Gasteiger partial charge in [0.2, 0.25) is 0 Å². The molecule has 0 spiro atoms. The molecule has 1 heterocycles. The van der Waals surface area contributed by atoms with Crippen molar-refractivity contribution in [3.8, 4) is 10.6 Å². The molecule has 0 bridgehead atoms. The van der Waals surface area contributed by atoms with Crippen LogP contribution in [0.15, 0.2) is 23.6 Å². The number of benzene rings is 1. The van der Waals surface area contributed by atoms with E-state index in [0.717, 1.165) is 11.1 Å². The van der Waals surface area contributed by atoms with Gasteiger partial charge in [0, 0.05) is 10.9 Å². The van der Waals surface area contributed by atoms with Crippen molar-refractivity contribution in [2.24, 2.45) is 0 Å². The molecule has 3 nitrogen and oxygen atoms in total. The van der Waals surface area contributed by atoms with Crippen LogP contribution in [0.4, 0.5) is 4.39 Å². The van der Waals surface area contributed by atoms with Gasteiger partial charge in [0.15, 0.2) is 0 Å². The van der Waals surface area contributed by atoms with Crippen LogP contribution in [0.25, 0.3) is 10.6 Å². The van der Waals surface area contributed by atoms with Crippen LogP contribution in [0.5, 0.6) is 0 Å². The molecule has 5 heteroatoms. The molecular weight excluding hydrogens is 253 g/mol. The van der Waals surface area contributed by atoms with E-state index < -0.39 is 0 Å². The lowest BCUT2D eigenvalue weighted by Gasteiger charge is -2.01. The van der Waals surface area contributed by atoms with Crippen LogP contribution in [0.3, 0.4) is 0 Å². The molecule has 0 aliphatic heterocycles. The minimum absolute atomic E-state index is 0.140. The quantitative estimate of drug-likeness (QED) is 0.801. The largest absolute Gasteiger partial charge is 0.469 e. The minimum atomic E-state index is -0.331. The number of aromatic nitrogens is 1. The number of nitrogens with zero attached hydrogens (tertiary/aromatic N) is 1. The summed E-state index contributed by atoms with van der Waals surface area (Å²) in [6.07, 6.45) is 0.140. The van der Waals surface area contributed by atoms with Crippen molar-refractivity contribution in [2.75, 3.05) is 7.11 Å². The molecule has 0 atom stereocenters. The number of halogens is 1. The standard InChI is InChI=1S/C13H12FNO2S/c1-8-3-4-9(14)5-11(8)13-15-10(7-18-13)6-12(16)17-2/h3-5,7H,6H2,1-2H3. The van der Waals surface area contributed by atoms with Crippen LogP contribution < -0.4 is 0 Å². The Morgan fingerprint density at radius 3 is 3.00 bits per heavy atom. The average molecular weight is 265 g/mol. The molecule has 1 aromatic heterocycles. The first-order chi connectivity index (χ1) is 8.60. The molecule has 0 fully saturated rings. The molecule has 18 heavy (non-hydrogen) atoms. The van der Waals surface area contributed by atoms with Crippen LogP contribution in [-0.2, 0) is 16.0 Å². The smallest absolute Gasteiger partial charge is 0.311 e. The number of thiazole rings is 1. The molecule has 2 rings (SSSR count). The lowest BCUT2D eigenvalue weighted by molar-refractivity contribution is -0.139. The monoisotopic (exact) mass is 265 g/mol. The van der Waals surface area contributed by atoms with Crippen molar-refractivity contribution in [2.45, 2.75) is 13.3 Å². The SMILES string of the molecule is COC(=O)Cc1csc(-c2cc(F)ccc2C)n1. The fourth-order valence-electron chi connectivity index (χ4n) is 1.56. The van der Waals surface area contributed by atoms with Gasteiger partial charge < -0.3 is 4.74 Å². The normalized spacial score (nSPS) is 10.4. The summed E-state index contributed by atoms with van der Waals surface area (Å²) in [4.78, 5) is 15.5. The number of hydrogen-bond acceptors (Lipinski definition) is 4. The highest BCUT2D eigenvalue weighted by Gasteiger charge is 2.11. The maximum Gasteiger partial charge on any atom is 0.311 e. The summed E-state index contributed by atoms with van der Waals surface area (Å²) in [5.41, 5.74) is 2.36. The molecule has 0 saturated heterocycles. The fourth-order valence-corrected chi connectivity index (χ4v) is 2.46. The third-order valence-electron chi connectivity index (χ3n) is 2.53. The fraction of sp³-hybridized carbons (Fsp3) is 0.231. The number of carbonyl (C=O) groups excluding carboxylic acids is 1. The summed E-state index contributed by atoms with van der Waals surface area (Å²) in [6, 6.07) is 4.59. The predicted molar refractivity (Wildman–Crippen MR) is 68.0 cm³/mol. The first-order valence-electron chi connectivity index (χ1n) is 5.38. The van der Waals surface area contributed by atoms with E-state index in [-0.39, 0.29) is 18.2 Å². The van der Waals surface area contributed by atoms with Gasteiger partial charge in [0.05, 0.1) is 19.2 Å². The van der Waals surface area contributed by atoms with E-state index >= 15 is 0 Å². The summed E-state index contributed by atoms with van der Waals surface area (Å²) in [5.74, 6) is -0.622. The zero-order valence-electron chi connectivity index (χ0n) is 10.1. The van der Waals surface area contributed by atoms with Crippen LogP contribution in [0, 0.1) is 12.7 Å². The van der Waals surface area contributed by atoms with Crippen LogP contribution >= 0.6 is 11.3 Å². The molecule has 0 N–H and O–H groups in total. The van der Waals surface area contributed by atoms with Crippen molar-refractivity contribution in [1.82, 2.24) is 4.98 Å². The van der Waals surface area contributed by atoms with E-state index in [9.17, 15) is 9.18 Å². The first-order valence-corrected chi connectivity index (χ1v) is 6.26. The van der Waals surface area contributed by atoms with Crippen LogP contribution in [0.2, 0.25) is 0 Å². The molecular formula is C13H12FNO2S. The number of methoxy groups -OCH3 is 1. The maximum absolute atomic E-state index is 13.2.